The van der Waals surface area contributed by atoms with Gasteiger partial charge in [0.1, 0.15) is 29.8 Å². The van der Waals surface area contributed by atoms with E-state index in [9.17, 15) is 23.4 Å². The zero-order chi connectivity index (χ0) is 41.0. The summed E-state index contributed by atoms with van der Waals surface area (Å²) in [5.41, 5.74) is 3.91. The lowest BCUT2D eigenvalue weighted by Crippen LogP contribution is -2.32. The van der Waals surface area contributed by atoms with Crippen molar-refractivity contribution in [3.8, 4) is 11.5 Å². The number of hydrogen-bond acceptors (Lipinski definition) is 14. The molecule has 2 fully saturated rings. The van der Waals surface area contributed by atoms with Crippen LogP contribution < -0.4 is 19.7 Å². The zero-order valence-electron chi connectivity index (χ0n) is 31.9. The van der Waals surface area contributed by atoms with Crippen LogP contribution in [0.5, 0.6) is 11.5 Å². The Morgan fingerprint density at radius 1 is 1.02 bits per heavy atom. The predicted octanol–water partition coefficient (Wildman–Crippen LogP) is 4.40. The Labute approximate surface area is 325 Å². The minimum absolute atomic E-state index is 0.0573. The van der Waals surface area contributed by atoms with Gasteiger partial charge in [0.05, 0.1) is 26.2 Å². The molecule has 2 aliphatic heterocycles. The standard InChI is InChI=1S/C36H44N8O6.C2HF3O2/c1-6-23-17-28(50-41-23)32-30(45)31(46)35(49-32)44-20-38-29-33(39-36(40-34(29)44)43-16-15-24(19-43)42(2)3)37-18-27(21-7-11-25(47-4)12-8-21)22-9-13-26(48-5)14-10-22;3-2(4,5)1(6)7/h7-14,17,20,24,27,30-32,35,45-46H,6,15-16,18-19H2,1-5H3,(H,37,39,40);(H,6,7)/t24-,30+,31-,32-,35-;/m1./s1. The van der Waals surface area contributed by atoms with Crippen molar-refractivity contribution in [2.45, 2.75) is 62.4 Å². The van der Waals surface area contributed by atoms with Crippen molar-refractivity contribution in [3.05, 3.63) is 83.5 Å². The maximum atomic E-state index is 11.3. The number of aliphatic hydroxyl groups is 2. The maximum absolute atomic E-state index is 11.3. The molecule has 7 rings (SSSR count). The van der Waals surface area contributed by atoms with E-state index in [4.69, 9.17) is 43.6 Å². The molecule has 3 aromatic heterocycles. The van der Waals surface area contributed by atoms with Gasteiger partial charge in [-0.15, -0.1) is 0 Å². The highest BCUT2D eigenvalue weighted by atomic mass is 19.4. The summed E-state index contributed by atoms with van der Waals surface area (Å²) < 4.78 is 56.0. The number of likely N-dealkylation sites (N-methyl/N-ethyl adjacent to an activating group) is 1. The number of benzene rings is 2. The molecule has 0 saturated carbocycles. The highest BCUT2D eigenvalue weighted by Crippen LogP contribution is 2.41. The van der Waals surface area contributed by atoms with Crippen LogP contribution in [0.25, 0.3) is 11.2 Å². The van der Waals surface area contributed by atoms with E-state index in [1.165, 1.54) is 0 Å². The number of carboxylic acids is 1. The minimum atomic E-state index is -5.08. The predicted molar refractivity (Wildman–Crippen MR) is 200 cm³/mol. The van der Waals surface area contributed by atoms with Crippen molar-refractivity contribution >= 4 is 28.9 Å². The minimum Gasteiger partial charge on any atom is -0.497 e. The average Bonchev–Trinajstić information content (AvgIpc) is 4.02. The highest BCUT2D eigenvalue weighted by Gasteiger charge is 2.47. The molecular weight excluding hydrogens is 753 g/mol. The topological polar surface area (TPSA) is 194 Å². The number of aliphatic carboxylic acids is 1. The number of carboxylic acid groups (broad SMARTS) is 1. The molecule has 5 aromatic rings. The number of aromatic nitrogens is 5. The third-order valence-corrected chi connectivity index (χ3v) is 10.1. The number of aryl methyl sites for hydroxylation is 1. The molecule has 4 N–H and O–H groups in total. The SMILES string of the molecule is CCc1cc([C@H]2O[C@@H](n3cnc4c(NCC(c5ccc(OC)cc5)c5ccc(OC)cc5)nc(N5CC[C@@H](N(C)C)C5)nc43)[C@H](O)[C@@H]2O)on1.O=C(O)C(F)(F)F. The first-order valence-electron chi connectivity index (χ1n) is 18.2. The number of fused-ring (bicyclic) bond motifs is 1. The molecule has 306 valence electrons. The van der Waals surface area contributed by atoms with Crippen LogP contribution in [0.2, 0.25) is 0 Å². The number of anilines is 2. The molecule has 0 radical (unpaired) electrons. The van der Waals surface area contributed by atoms with Crippen LogP contribution in [0.4, 0.5) is 24.9 Å². The molecule has 2 aromatic carbocycles. The summed E-state index contributed by atoms with van der Waals surface area (Å²) in [5, 5.41) is 37.1. The fourth-order valence-electron chi connectivity index (χ4n) is 6.75. The smallest absolute Gasteiger partial charge is 0.490 e. The van der Waals surface area contributed by atoms with Crippen LogP contribution >= 0.6 is 0 Å². The van der Waals surface area contributed by atoms with Crippen LogP contribution in [0.15, 0.2) is 65.4 Å². The molecule has 57 heavy (non-hydrogen) atoms. The van der Waals surface area contributed by atoms with Crippen molar-refractivity contribution in [2.24, 2.45) is 0 Å². The first-order valence-corrected chi connectivity index (χ1v) is 18.2. The summed E-state index contributed by atoms with van der Waals surface area (Å²) >= 11 is 0. The van der Waals surface area contributed by atoms with Crippen molar-refractivity contribution in [3.63, 3.8) is 0 Å². The van der Waals surface area contributed by atoms with E-state index in [0.29, 0.717) is 47.7 Å². The van der Waals surface area contributed by atoms with Gasteiger partial charge in [-0.2, -0.15) is 23.1 Å². The van der Waals surface area contributed by atoms with Gasteiger partial charge >= 0.3 is 12.1 Å². The maximum Gasteiger partial charge on any atom is 0.490 e. The van der Waals surface area contributed by atoms with Gasteiger partial charge in [0.25, 0.3) is 0 Å². The molecule has 5 heterocycles. The number of methoxy groups -OCH3 is 2. The summed E-state index contributed by atoms with van der Waals surface area (Å²) in [5.74, 6) is 0.198. The van der Waals surface area contributed by atoms with Crippen LogP contribution in [0.1, 0.15) is 54.2 Å². The second-order valence-electron chi connectivity index (χ2n) is 13.8. The molecule has 2 aliphatic rings. The molecule has 0 bridgehead atoms. The van der Waals surface area contributed by atoms with E-state index < -0.39 is 36.7 Å². The average molecular weight is 799 g/mol. The summed E-state index contributed by atoms with van der Waals surface area (Å²) in [6, 6.07) is 18.2. The number of hydrogen-bond donors (Lipinski definition) is 4. The van der Waals surface area contributed by atoms with E-state index in [1.807, 2.05) is 31.2 Å². The third-order valence-electron chi connectivity index (χ3n) is 10.1. The lowest BCUT2D eigenvalue weighted by Gasteiger charge is -2.23. The first kappa shape index (κ1) is 41.1. The van der Waals surface area contributed by atoms with E-state index in [-0.39, 0.29) is 5.92 Å². The van der Waals surface area contributed by atoms with Crippen LogP contribution in [0.3, 0.4) is 0 Å². The number of imidazole rings is 1. The molecule has 0 amide bonds. The zero-order valence-corrected chi connectivity index (χ0v) is 31.9. The summed E-state index contributed by atoms with van der Waals surface area (Å²) in [4.78, 5) is 28.0. The Morgan fingerprint density at radius 2 is 1.63 bits per heavy atom. The Kier molecular flexibility index (Phi) is 12.5. The lowest BCUT2D eigenvalue weighted by atomic mass is 9.91. The normalized spacial score (nSPS) is 20.9. The van der Waals surface area contributed by atoms with Gasteiger partial charge in [0.2, 0.25) is 5.95 Å². The van der Waals surface area contributed by atoms with Crippen molar-refractivity contribution in [1.29, 1.82) is 0 Å². The van der Waals surface area contributed by atoms with Crippen molar-refractivity contribution < 1.29 is 52.0 Å². The summed E-state index contributed by atoms with van der Waals surface area (Å²) in [6.45, 7) is 4.01. The fraction of sp³-hybridized carbons (Fsp3) is 0.447. The van der Waals surface area contributed by atoms with Gasteiger partial charge in [-0.05, 0) is 62.3 Å². The van der Waals surface area contributed by atoms with E-state index in [1.54, 1.807) is 31.2 Å². The molecule has 0 aliphatic carbocycles. The molecule has 5 atom stereocenters. The molecule has 0 unspecified atom stereocenters. The molecule has 2 saturated heterocycles. The van der Waals surface area contributed by atoms with E-state index in [2.05, 4.69) is 58.6 Å². The van der Waals surface area contributed by atoms with E-state index >= 15 is 0 Å². The number of alkyl halides is 3. The largest absolute Gasteiger partial charge is 0.497 e. The van der Waals surface area contributed by atoms with Crippen molar-refractivity contribution in [2.75, 3.05) is 58.2 Å². The Hall–Kier alpha value is -5.50. The van der Waals surface area contributed by atoms with Crippen LogP contribution in [0, 0.1) is 0 Å². The van der Waals surface area contributed by atoms with Gasteiger partial charge < -0.3 is 49.2 Å². The first-order chi connectivity index (χ1) is 27.2. The monoisotopic (exact) mass is 798 g/mol. The van der Waals surface area contributed by atoms with E-state index in [0.717, 1.165) is 47.8 Å². The number of carbonyl (C=O) groups is 1. The number of nitrogens with zero attached hydrogens (tertiary/aromatic N) is 7. The molecule has 16 nitrogen and oxygen atoms in total. The number of rotatable bonds is 12. The third kappa shape index (κ3) is 9.06. The van der Waals surface area contributed by atoms with Gasteiger partial charge in [0.15, 0.2) is 29.0 Å². The highest BCUT2D eigenvalue weighted by molar-refractivity contribution is 5.84. The summed E-state index contributed by atoms with van der Waals surface area (Å²) in [7, 11) is 7.47. The van der Waals surface area contributed by atoms with Crippen LogP contribution in [-0.4, -0.2) is 123 Å². The number of halogens is 3. The number of aliphatic hydroxyl groups excluding tert-OH is 2. The molecule has 19 heteroatoms. The van der Waals surface area contributed by atoms with Crippen LogP contribution in [-0.2, 0) is 16.0 Å². The number of ether oxygens (including phenoxy) is 3. The Morgan fingerprint density at radius 3 is 2.14 bits per heavy atom. The van der Waals surface area contributed by atoms with Gasteiger partial charge in [-0.25, -0.2) is 9.78 Å². The number of nitrogens with one attached hydrogen (secondary N) is 1. The molecule has 0 spiro atoms. The van der Waals surface area contributed by atoms with Gasteiger partial charge in [-0.3, -0.25) is 4.57 Å². The molecular formula is C38H45F3N8O8. The summed E-state index contributed by atoms with van der Waals surface area (Å²) in [6.07, 6.45) is -6.28. The Bertz CT molecular complexity index is 2060. The quantitative estimate of drug-likeness (QED) is 0.139. The van der Waals surface area contributed by atoms with Gasteiger partial charge in [-0.1, -0.05) is 36.3 Å². The second kappa shape index (κ2) is 17.3. The van der Waals surface area contributed by atoms with Crippen molar-refractivity contribution in [1.82, 2.24) is 29.6 Å². The second-order valence-corrected chi connectivity index (χ2v) is 13.8. The fourth-order valence-corrected chi connectivity index (χ4v) is 6.75. The lowest BCUT2D eigenvalue weighted by molar-refractivity contribution is -0.192. The Balaban J connectivity index is 0.000000719. The van der Waals surface area contributed by atoms with Gasteiger partial charge in [0, 0.05) is 37.7 Å².